The van der Waals surface area contributed by atoms with E-state index in [0.717, 1.165) is 37.9 Å². The van der Waals surface area contributed by atoms with Gasteiger partial charge in [0, 0.05) is 10.4 Å². The molecule has 2 nitrogen and oxygen atoms in total. The van der Waals surface area contributed by atoms with Crippen LogP contribution < -0.4 is 0 Å². The number of phenolic OH excluding ortho intramolecular Hbond substituents is 2. The number of hydrogen-bond acceptors (Lipinski definition) is 2. The van der Waals surface area contributed by atoms with Gasteiger partial charge in [0.05, 0.1) is 0 Å². The molecular formula is C23H23BrO2. The summed E-state index contributed by atoms with van der Waals surface area (Å²) in [4.78, 5) is 0. The van der Waals surface area contributed by atoms with Crippen LogP contribution in [0.3, 0.4) is 0 Å². The maximum absolute atomic E-state index is 10.2. The highest BCUT2D eigenvalue weighted by Gasteiger charge is 2.20. The lowest BCUT2D eigenvalue weighted by atomic mass is 9.82. The van der Waals surface area contributed by atoms with E-state index in [-0.39, 0.29) is 5.92 Å². The molecule has 3 heteroatoms. The molecule has 0 saturated carbocycles. The first-order valence-corrected chi connectivity index (χ1v) is 9.43. The first kappa shape index (κ1) is 18.5. The third-order valence-electron chi connectivity index (χ3n) is 4.90. The molecule has 2 N–H and O–H groups in total. The molecule has 0 radical (unpaired) electrons. The maximum Gasteiger partial charge on any atom is 0.121 e. The molecule has 3 aromatic carbocycles. The van der Waals surface area contributed by atoms with E-state index in [1.807, 2.05) is 64.1 Å². The van der Waals surface area contributed by atoms with E-state index in [2.05, 4.69) is 28.1 Å². The molecule has 3 rings (SSSR count). The zero-order valence-electron chi connectivity index (χ0n) is 15.5. The predicted molar refractivity (Wildman–Crippen MR) is 110 cm³/mol. The standard InChI is InChI=1S/C23H23BrO2/c1-13-9-18(10-14(2)22(13)25)21(17-5-7-20(24)8-6-17)19-11-15(3)23(26)16(4)12-19/h5-12,21,25-26H,1-4H3. The van der Waals surface area contributed by atoms with Gasteiger partial charge in [-0.3, -0.25) is 0 Å². The minimum atomic E-state index is 0.0269. The van der Waals surface area contributed by atoms with E-state index < -0.39 is 0 Å². The summed E-state index contributed by atoms with van der Waals surface area (Å²) >= 11 is 3.51. The lowest BCUT2D eigenvalue weighted by Crippen LogP contribution is -2.05. The monoisotopic (exact) mass is 410 g/mol. The van der Waals surface area contributed by atoms with Crippen LogP contribution in [0, 0.1) is 27.7 Å². The van der Waals surface area contributed by atoms with Gasteiger partial charge in [0.1, 0.15) is 11.5 Å². The molecule has 0 spiro atoms. The molecule has 0 bridgehead atoms. The van der Waals surface area contributed by atoms with Crippen LogP contribution in [0.25, 0.3) is 0 Å². The molecule has 0 heterocycles. The van der Waals surface area contributed by atoms with Crippen LogP contribution in [-0.2, 0) is 0 Å². The molecule has 0 aliphatic carbocycles. The van der Waals surface area contributed by atoms with Crippen LogP contribution in [0.5, 0.6) is 11.5 Å². The van der Waals surface area contributed by atoms with Crippen molar-refractivity contribution in [1.82, 2.24) is 0 Å². The number of hydrogen-bond donors (Lipinski definition) is 2. The van der Waals surface area contributed by atoms with Crippen molar-refractivity contribution in [3.05, 3.63) is 91.9 Å². The highest BCUT2D eigenvalue weighted by Crippen LogP contribution is 2.38. The lowest BCUT2D eigenvalue weighted by Gasteiger charge is -2.22. The van der Waals surface area contributed by atoms with Gasteiger partial charge in [0.15, 0.2) is 0 Å². The van der Waals surface area contributed by atoms with Crippen molar-refractivity contribution in [2.24, 2.45) is 0 Å². The van der Waals surface area contributed by atoms with E-state index in [4.69, 9.17) is 0 Å². The quantitative estimate of drug-likeness (QED) is 0.499. The Bertz CT molecular complexity index is 855. The average molecular weight is 411 g/mol. The Balaban J connectivity index is 2.25. The lowest BCUT2D eigenvalue weighted by molar-refractivity contribution is 0.466. The van der Waals surface area contributed by atoms with Crippen LogP contribution in [0.4, 0.5) is 0 Å². The fourth-order valence-corrected chi connectivity index (χ4v) is 3.81. The third kappa shape index (κ3) is 3.49. The number of phenols is 2. The summed E-state index contributed by atoms with van der Waals surface area (Å²) in [6.07, 6.45) is 0. The average Bonchev–Trinajstić information content (AvgIpc) is 2.59. The summed E-state index contributed by atoms with van der Waals surface area (Å²) in [5, 5.41) is 20.4. The number of benzene rings is 3. The van der Waals surface area contributed by atoms with Crippen LogP contribution in [0.2, 0.25) is 0 Å². The van der Waals surface area contributed by atoms with E-state index >= 15 is 0 Å². The summed E-state index contributed by atoms with van der Waals surface area (Å²) in [5.74, 6) is 0.724. The topological polar surface area (TPSA) is 40.5 Å². The van der Waals surface area contributed by atoms with Crippen molar-refractivity contribution >= 4 is 15.9 Å². The van der Waals surface area contributed by atoms with Crippen LogP contribution >= 0.6 is 15.9 Å². The van der Waals surface area contributed by atoms with E-state index in [1.54, 1.807) is 0 Å². The van der Waals surface area contributed by atoms with Crippen molar-refractivity contribution in [1.29, 1.82) is 0 Å². The Morgan fingerprint density at radius 3 is 1.31 bits per heavy atom. The molecular weight excluding hydrogens is 388 g/mol. The van der Waals surface area contributed by atoms with Gasteiger partial charge >= 0.3 is 0 Å². The highest BCUT2D eigenvalue weighted by molar-refractivity contribution is 9.10. The van der Waals surface area contributed by atoms with Gasteiger partial charge in [-0.2, -0.15) is 0 Å². The Labute approximate surface area is 163 Å². The largest absolute Gasteiger partial charge is 0.507 e. The Morgan fingerprint density at radius 2 is 0.962 bits per heavy atom. The summed E-state index contributed by atoms with van der Waals surface area (Å²) < 4.78 is 1.04. The van der Waals surface area contributed by atoms with Crippen molar-refractivity contribution in [3.63, 3.8) is 0 Å². The van der Waals surface area contributed by atoms with Crippen LogP contribution in [0.15, 0.2) is 53.0 Å². The molecule has 0 aliphatic heterocycles. The second-order valence-corrected chi connectivity index (χ2v) is 7.91. The molecule has 0 fully saturated rings. The third-order valence-corrected chi connectivity index (χ3v) is 5.43. The Hall–Kier alpha value is -2.26. The second-order valence-electron chi connectivity index (χ2n) is 6.99. The molecule has 3 aromatic rings. The molecule has 0 saturated heterocycles. The van der Waals surface area contributed by atoms with Gasteiger partial charge in [-0.25, -0.2) is 0 Å². The minimum Gasteiger partial charge on any atom is -0.507 e. The Morgan fingerprint density at radius 1 is 0.615 bits per heavy atom. The molecule has 26 heavy (non-hydrogen) atoms. The van der Waals surface area contributed by atoms with Gasteiger partial charge < -0.3 is 10.2 Å². The van der Waals surface area contributed by atoms with Gasteiger partial charge in [-0.05, 0) is 78.8 Å². The summed E-state index contributed by atoms with van der Waals surface area (Å²) in [5.41, 5.74) is 6.91. The van der Waals surface area contributed by atoms with E-state index in [9.17, 15) is 10.2 Å². The fraction of sp³-hybridized carbons (Fsp3) is 0.217. The molecule has 0 aromatic heterocycles. The van der Waals surface area contributed by atoms with Gasteiger partial charge in [0.25, 0.3) is 0 Å². The smallest absolute Gasteiger partial charge is 0.121 e. The first-order valence-electron chi connectivity index (χ1n) is 8.63. The number of rotatable bonds is 3. The van der Waals surface area contributed by atoms with Gasteiger partial charge in [0.2, 0.25) is 0 Å². The maximum atomic E-state index is 10.2. The van der Waals surface area contributed by atoms with Crippen molar-refractivity contribution < 1.29 is 10.2 Å². The Kier molecular flexibility index (Phi) is 5.10. The summed E-state index contributed by atoms with van der Waals surface area (Å²) in [6.45, 7) is 7.71. The summed E-state index contributed by atoms with van der Waals surface area (Å²) in [6, 6.07) is 16.5. The molecule has 0 atom stereocenters. The second kappa shape index (κ2) is 7.16. The number of halogens is 1. The fourth-order valence-electron chi connectivity index (χ4n) is 3.54. The molecule has 0 unspecified atom stereocenters. The highest BCUT2D eigenvalue weighted by atomic mass is 79.9. The first-order chi connectivity index (χ1) is 12.3. The van der Waals surface area contributed by atoms with Crippen molar-refractivity contribution in [2.75, 3.05) is 0 Å². The van der Waals surface area contributed by atoms with E-state index in [0.29, 0.717) is 11.5 Å². The van der Waals surface area contributed by atoms with Crippen LogP contribution in [-0.4, -0.2) is 10.2 Å². The van der Waals surface area contributed by atoms with Crippen LogP contribution in [0.1, 0.15) is 44.9 Å². The van der Waals surface area contributed by atoms with Gasteiger partial charge in [-0.1, -0.05) is 52.3 Å². The molecule has 0 aliphatic rings. The van der Waals surface area contributed by atoms with Crippen molar-refractivity contribution in [3.8, 4) is 11.5 Å². The predicted octanol–water partition coefficient (Wildman–Crippen LogP) is 6.27. The van der Waals surface area contributed by atoms with Crippen molar-refractivity contribution in [2.45, 2.75) is 33.6 Å². The zero-order valence-corrected chi connectivity index (χ0v) is 17.1. The van der Waals surface area contributed by atoms with E-state index in [1.165, 1.54) is 5.56 Å². The number of aromatic hydroxyl groups is 2. The zero-order chi connectivity index (χ0) is 19.0. The normalized spacial score (nSPS) is 11.2. The number of aryl methyl sites for hydroxylation is 4. The molecule has 0 amide bonds. The minimum absolute atomic E-state index is 0.0269. The SMILES string of the molecule is Cc1cc(C(c2ccc(Br)cc2)c2cc(C)c(O)c(C)c2)cc(C)c1O. The molecule has 134 valence electrons. The summed E-state index contributed by atoms with van der Waals surface area (Å²) in [7, 11) is 0. The van der Waals surface area contributed by atoms with Gasteiger partial charge in [-0.15, -0.1) is 0 Å².